The normalized spacial score (nSPS) is 9.95. The molecule has 1 heterocycles. The molecule has 0 aliphatic rings. The molecule has 0 bridgehead atoms. The first kappa shape index (κ1) is 15.1. The van der Waals surface area contributed by atoms with Crippen LogP contribution in [0.15, 0.2) is 30.5 Å². The van der Waals surface area contributed by atoms with Gasteiger partial charge in [-0.2, -0.15) is 10.2 Å². The van der Waals surface area contributed by atoms with Crippen LogP contribution in [0.1, 0.15) is 24.5 Å². The van der Waals surface area contributed by atoms with E-state index >= 15 is 0 Å². The lowest BCUT2D eigenvalue weighted by Gasteiger charge is -2.09. The second-order valence-corrected chi connectivity index (χ2v) is 4.89. The highest BCUT2D eigenvalue weighted by Crippen LogP contribution is 2.20. The lowest BCUT2D eigenvalue weighted by molar-refractivity contribution is 0.950. The number of aromatic nitrogens is 2. The van der Waals surface area contributed by atoms with Gasteiger partial charge in [-0.1, -0.05) is 30.7 Å². The molecule has 1 aromatic heterocycles. The van der Waals surface area contributed by atoms with Gasteiger partial charge < -0.3 is 10.6 Å². The van der Waals surface area contributed by atoms with Crippen LogP contribution < -0.4 is 10.6 Å². The van der Waals surface area contributed by atoms with Crippen molar-refractivity contribution in [1.82, 2.24) is 9.97 Å². The van der Waals surface area contributed by atoms with Crippen LogP contribution in [0.5, 0.6) is 0 Å². The molecule has 0 saturated carbocycles. The number of hydrogen-bond donors (Lipinski definition) is 2. The summed E-state index contributed by atoms with van der Waals surface area (Å²) in [6.45, 7) is 3.47. The third-order valence-corrected chi connectivity index (χ3v) is 3.10. The van der Waals surface area contributed by atoms with Gasteiger partial charge in [0.2, 0.25) is 5.95 Å². The molecular weight excluding hydrogens is 286 g/mol. The van der Waals surface area contributed by atoms with E-state index < -0.39 is 0 Å². The lowest BCUT2D eigenvalue weighted by atomic mass is 10.1. The van der Waals surface area contributed by atoms with E-state index in [4.69, 9.17) is 16.9 Å². The quantitative estimate of drug-likeness (QED) is 0.855. The van der Waals surface area contributed by atoms with Crippen LogP contribution in [-0.4, -0.2) is 16.5 Å². The zero-order valence-corrected chi connectivity index (χ0v) is 12.5. The van der Waals surface area contributed by atoms with E-state index in [1.807, 2.05) is 12.1 Å². The summed E-state index contributed by atoms with van der Waals surface area (Å²) in [5, 5.41) is 15.5. The zero-order chi connectivity index (χ0) is 15.1. The standard InChI is InChI=1S/C15H16ClN5/c1-2-7-18-15-20-10-13(16)14(21-15)19-9-12-5-3-11(8-17)4-6-12/h3-6,10H,2,7,9H2,1H3,(H2,18,19,20,21). The Bertz CT molecular complexity index is 634. The minimum atomic E-state index is 0.477. The molecule has 2 aromatic rings. The van der Waals surface area contributed by atoms with Crippen LogP contribution in [0, 0.1) is 11.3 Å². The van der Waals surface area contributed by atoms with Crippen LogP contribution >= 0.6 is 11.6 Å². The first-order chi connectivity index (χ1) is 10.2. The number of benzene rings is 1. The molecule has 6 heteroatoms. The molecule has 21 heavy (non-hydrogen) atoms. The minimum absolute atomic E-state index is 0.477. The summed E-state index contributed by atoms with van der Waals surface area (Å²) < 4.78 is 0. The highest BCUT2D eigenvalue weighted by molar-refractivity contribution is 6.32. The maximum absolute atomic E-state index is 8.77. The topological polar surface area (TPSA) is 73.6 Å². The molecule has 0 aliphatic heterocycles. The average molecular weight is 302 g/mol. The van der Waals surface area contributed by atoms with E-state index in [-0.39, 0.29) is 0 Å². The van der Waals surface area contributed by atoms with Gasteiger partial charge in [0.1, 0.15) is 5.02 Å². The van der Waals surface area contributed by atoms with E-state index in [0.717, 1.165) is 18.5 Å². The Kier molecular flexibility index (Phi) is 5.35. The number of anilines is 2. The number of rotatable bonds is 6. The fourth-order valence-corrected chi connectivity index (χ4v) is 1.85. The summed E-state index contributed by atoms with van der Waals surface area (Å²) in [5.41, 5.74) is 1.69. The maximum atomic E-state index is 8.77. The van der Waals surface area contributed by atoms with Crippen molar-refractivity contribution in [1.29, 1.82) is 5.26 Å². The van der Waals surface area contributed by atoms with E-state index in [0.29, 0.717) is 28.9 Å². The van der Waals surface area contributed by atoms with E-state index in [9.17, 15) is 0 Å². The van der Waals surface area contributed by atoms with Gasteiger partial charge in [-0.3, -0.25) is 0 Å². The van der Waals surface area contributed by atoms with Gasteiger partial charge in [0.15, 0.2) is 5.82 Å². The molecule has 0 aliphatic carbocycles. The van der Waals surface area contributed by atoms with Crippen LogP contribution in [-0.2, 0) is 6.54 Å². The van der Waals surface area contributed by atoms with Gasteiger partial charge in [-0.25, -0.2) is 4.98 Å². The van der Waals surface area contributed by atoms with Crippen molar-refractivity contribution in [2.75, 3.05) is 17.2 Å². The molecule has 0 atom stereocenters. The van der Waals surface area contributed by atoms with E-state index in [1.54, 1.807) is 18.3 Å². The fraction of sp³-hybridized carbons (Fsp3) is 0.267. The number of nitrogens with one attached hydrogen (secondary N) is 2. The maximum Gasteiger partial charge on any atom is 0.224 e. The first-order valence-corrected chi connectivity index (χ1v) is 7.10. The molecule has 0 spiro atoms. The Morgan fingerprint density at radius 2 is 2.00 bits per heavy atom. The van der Waals surface area contributed by atoms with Gasteiger partial charge in [0.05, 0.1) is 17.8 Å². The van der Waals surface area contributed by atoms with Crippen molar-refractivity contribution in [2.24, 2.45) is 0 Å². The molecule has 2 rings (SSSR count). The molecule has 0 amide bonds. The summed E-state index contributed by atoms with van der Waals surface area (Å²) in [4.78, 5) is 8.46. The molecule has 108 valence electrons. The van der Waals surface area contributed by atoms with Crippen molar-refractivity contribution in [2.45, 2.75) is 19.9 Å². The van der Waals surface area contributed by atoms with Gasteiger partial charge in [0.25, 0.3) is 0 Å². The molecule has 0 radical (unpaired) electrons. The van der Waals surface area contributed by atoms with E-state index in [2.05, 4.69) is 33.6 Å². The summed E-state index contributed by atoms with van der Waals surface area (Å²) >= 11 is 6.09. The third-order valence-electron chi connectivity index (χ3n) is 2.82. The van der Waals surface area contributed by atoms with Crippen molar-refractivity contribution in [3.05, 3.63) is 46.6 Å². The lowest BCUT2D eigenvalue weighted by Crippen LogP contribution is -2.08. The zero-order valence-electron chi connectivity index (χ0n) is 11.7. The summed E-state index contributed by atoms with van der Waals surface area (Å²) in [5.74, 6) is 1.15. The highest BCUT2D eigenvalue weighted by atomic mass is 35.5. The van der Waals surface area contributed by atoms with Crippen LogP contribution in [0.3, 0.4) is 0 Å². The number of halogens is 1. The number of hydrogen-bond acceptors (Lipinski definition) is 5. The molecule has 0 fully saturated rings. The third kappa shape index (κ3) is 4.33. The van der Waals surface area contributed by atoms with E-state index in [1.165, 1.54) is 0 Å². The SMILES string of the molecule is CCCNc1ncc(Cl)c(NCc2ccc(C#N)cc2)n1. The van der Waals surface area contributed by atoms with Crippen LogP contribution in [0.2, 0.25) is 5.02 Å². The van der Waals surface area contributed by atoms with Gasteiger partial charge >= 0.3 is 0 Å². The molecule has 0 saturated heterocycles. The molecule has 5 nitrogen and oxygen atoms in total. The molecular formula is C15H16ClN5. The fourth-order valence-electron chi connectivity index (χ4n) is 1.70. The molecule has 2 N–H and O–H groups in total. The summed E-state index contributed by atoms with van der Waals surface area (Å²) in [6, 6.07) is 9.46. The van der Waals surface area contributed by atoms with Crippen LogP contribution in [0.4, 0.5) is 11.8 Å². The van der Waals surface area contributed by atoms with Crippen molar-refractivity contribution >= 4 is 23.4 Å². The smallest absolute Gasteiger partial charge is 0.224 e. The Balaban J connectivity index is 2.02. The van der Waals surface area contributed by atoms with Gasteiger partial charge in [-0.05, 0) is 24.1 Å². The second-order valence-electron chi connectivity index (χ2n) is 4.48. The second kappa shape index (κ2) is 7.46. The van der Waals surface area contributed by atoms with Crippen LogP contribution in [0.25, 0.3) is 0 Å². The molecule has 0 unspecified atom stereocenters. The predicted molar refractivity (Wildman–Crippen MR) is 84.3 cm³/mol. The Labute approximate surface area is 129 Å². The first-order valence-electron chi connectivity index (χ1n) is 6.72. The van der Waals surface area contributed by atoms with Gasteiger partial charge in [0, 0.05) is 13.1 Å². The van der Waals surface area contributed by atoms with Gasteiger partial charge in [-0.15, -0.1) is 0 Å². The molecule has 1 aromatic carbocycles. The monoisotopic (exact) mass is 301 g/mol. The van der Waals surface area contributed by atoms with Crippen molar-refractivity contribution in [3.8, 4) is 6.07 Å². The number of nitriles is 1. The summed E-state index contributed by atoms with van der Waals surface area (Å²) in [6.07, 6.45) is 2.58. The largest absolute Gasteiger partial charge is 0.365 e. The summed E-state index contributed by atoms with van der Waals surface area (Å²) in [7, 11) is 0. The Hall–Kier alpha value is -2.32. The predicted octanol–water partition coefficient (Wildman–Crippen LogP) is 3.44. The highest BCUT2D eigenvalue weighted by Gasteiger charge is 2.05. The van der Waals surface area contributed by atoms with Crippen molar-refractivity contribution < 1.29 is 0 Å². The Morgan fingerprint density at radius 3 is 2.67 bits per heavy atom. The average Bonchev–Trinajstić information content (AvgIpc) is 2.53. The number of nitrogens with zero attached hydrogens (tertiary/aromatic N) is 3. The minimum Gasteiger partial charge on any atom is -0.365 e. The van der Waals surface area contributed by atoms with Crippen molar-refractivity contribution in [3.63, 3.8) is 0 Å². The Morgan fingerprint density at radius 1 is 1.24 bits per heavy atom.